The highest BCUT2D eigenvalue weighted by Gasteiger charge is 2.12. The average Bonchev–Trinajstić information content (AvgIpc) is 3.01. The molecule has 3 N–H and O–H groups in total. The van der Waals surface area contributed by atoms with Crippen LogP contribution >= 0.6 is 0 Å². The van der Waals surface area contributed by atoms with Crippen LogP contribution in [0.15, 0.2) is 48.7 Å². The van der Waals surface area contributed by atoms with Crippen molar-refractivity contribution in [1.82, 2.24) is 9.55 Å². The van der Waals surface area contributed by atoms with Crippen LogP contribution in [0.4, 0.5) is 0 Å². The molecule has 0 saturated heterocycles. The van der Waals surface area contributed by atoms with Gasteiger partial charge in [-0.15, -0.1) is 0 Å². The second-order valence-electron chi connectivity index (χ2n) is 6.52. The van der Waals surface area contributed by atoms with Gasteiger partial charge in [0.1, 0.15) is 5.82 Å². The summed E-state index contributed by atoms with van der Waals surface area (Å²) in [4.78, 5) is 15.5. The molecule has 0 unspecified atom stereocenters. The van der Waals surface area contributed by atoms with Crippen LogP contribution in [0.1, 0.15) is 23.1 Å². The fourth-order valence-corrected chi connectivity index (χ4v) is 3.08. The van der Waals surface area contributed by atoms with E-state index in [0.717, 1.165) is 33.8 Å². The Balaban J connectivity index is 1.90. The second-order valence-corrected chi connectivity index (χ2v) is 6.52. The Morgan fingerprint density at radius 2 is 1.92 bits per heavy atom. The molecular formula is C21H23N3O2. The highest BCUT2D eigenvalue weighted by molar-refractivity contribution is 5.69. The molecule has 0 bridgehead atoms. The summed E-state index contributed by atoms with van der Waals surface area (Å²) in [6, 6.07) is 14.1. The molecule has 1 heterocycles. The Kier molecular flexibility index (Phi) is 5.19. The number of aliphatic carboxylic acids is 1. The van der Waals surface area contributed by atoms with E-state index >= 15 is 0 Å². The molecule has 0 amide bonds. The van der Waals surface area contributed by atoms with Crippen LogP contribution < -0.4 is 5.73 Å². The number of carboxylic acid groups (broad SMARTS) is 1. The van der Waals surface area contributed by atoms with E-state index in [0.29, 0.717) is 13.0 Å². The Morgan fingerprint density at radius 3 is 2.58 bits per heavy atom. The SMILES string of the molecule is Cc1ccc(-c2cn(C)c(-c3ccc(CCC(=O)O)cc3)n2)c(CN)c1. The van der Waals surface area contributed by atoms with Gasteiger partial charge in [0.15, 0.2) is 0 Å². The lowest BCUT2D eigenvalue weighted by atomic mass is 10.0. The molecule has 0 atom stereocenters. The maximum atomic E-state index is 10.7. The second kappa shape index (κ2) is 7.54. The molecule has 3 rings (SSSR count). The van der Waals surface area contributed by atoms with Crippen molar-refractivity contribution in [3.05, 3.63) is 65.4 Å². The van der Waals surface area contributed by atoms with Crippen LogP contribution in [0.25, 0.3) is 22.6 Å². The van der Waals surface area contributed by atoms with Gasteiger partial charge in [0, 0.05) is 37.3 Å². The number of carbonyl (C=O) groups is 1. The van der Waals surface area contributed by atoms with Crippen LogP contribution in [0, 0.1) is 6.92 Å². The molecule has 0 aliphatic rings. The first-order chi connectivity index (χ1) is 12.5. The minimum Gasteiger partial charge on any atom is -0.481 e. The van der Waals surface area contributed by atoms with Crippen LogP contribution in [-0.2, 0) is 24.8 Å². The molecule has 3 aromatic rings. The van der Waals surface area contributed by atoms with E-state index in [1.165, 1.54) is 5.56 Å². The summed E-state index contributed by atoms with van der Waals surface area (Å²) in [6.45, 7) is 2.53. The molecule has 134 valence electrons. The van der Waals surface area contributed by atoms with E-state index < -0.39 is 5.97 Å². The van der Waals surface area contributed by atoms with Gasteiger partial charge >= 0.3 is 5.97 Å². The van der Waals surface area contributed by atoms with Crippen LogP contribution in [0.2, 0.25) is 0 Å². The van der Waals surface area contributed by atoms with Crippen molar-refractivity contribution in [1.29, 1.82) is 0 Å². The van der Waals surface area contributed by atoms with Crippen molar-refractivity contribution in [2.75, 3.05) is 0 Å². The molecule has 2 aromatic carbocycles. The first-order valence-electron chi connectivity index (χ1n) is 8.62. The Bertz CT molecular complexity index is 927. The fraction of sp³-hybridized carbons (Fsp3) is 0.238. The van der Waals surface area contributed by atoms with E-state index in [4.69, 9.17) is 15.8 Å². The van der Waals surface area contributed by atoms with Crippen molar-refractivity contribution in [2.45, 2.75) is 26.3 Å². The summed E-state index contributed by atoms with van der Waals surface area (Å²) in [6.07, 6.45) is 2.68. The van der Waals surface area contributed by atoms with Gasteiger partial charge in [0.2, 0.25) is 0 Å². The van der Waals surface area contributed by atoms with Crippen molar-refractivity contribution >= 4 is 5.97 Å². The summed E-state index contributed by atoms with van der Waals surface area (Å²) in [5.41, 5.74) is 12.1. The van der Waals surface area contributed by atoms with Gasteiger partial charge in [0.25, 0.3) is 0 Å². The molecule has 0 spiro atoms. The van der Waals surface area contributed by atoms with E-state index in [2.05, 4.69) is 25.1 Å². The third-order valence-electron chi connectivity index (χ3n) is 4.47. The minimum atomic E-state index is -0.781. The maximum absolute atomic E-state index is 10.7. The Labute approximate surface area is 153 Å². The first kappa shape index (κ1) is 17.9. The number of benzene rings is 2. The summed E-state index contributed by atoms with van der Waals surface area (Å²) >= 11 is 0. The highest BCUT2D eigenvalue weighted by atomic mass is 16.4. The lowest BCUT2D eigenvalue weighted by Gasteiger charge is -2.06. The van der Waals surface area contributed by atoms with Crippen LogP contribution in [0.3, 0.4) is 0 Å². The molecule has 0 aliphatic carbocycles. The molecule has 5 heteroatoms. The zero-order chi connectivity index (χ0) is 18.7. The van der Waals surface area contributed by atoms with Crippen molar-refractivity contribution < 1.29 is 9.90 Å². The fourth-order valence-electron chi connectivity index (χ4n) is 3.08. The summed E-state index contributed by atoms with van der Waals surface area (Å²) in [5, 5.41) is 8.79. The molecule has 1 aromatic heterocycles. The quantitative estimate of drug-likeness (QED) is 0.713. The van der Waals surface area contributed by atoms with E-state index in [1.54, 1.807) is 0 Å². The zero-order valence-corrected chi connectivity index (χ0v) is 15.1. The lowest BCUT2D eigenvalue weighted by Crippen LogP contribution is -1.99. The van der Waals surface area contributed by atoms with Crippen LogP contribution in [-0.4, -0.2) is 20.6 Å². The van der Waals surface area contributed by atoms with Crippen LogP contribution in [0.5, 0.6) is 0 Å². The van der Waals surface area contributed by atoms with Gasteiger partial charge in [0.05, 0.1) is 5.69 Å². The third kappa shape index (κ3) is 3.83. The molecule has 0 fully saturated rings. The van der Waals surface area contributed by atoms with Gasteiger partial charge in [-0.1, -0.05) is 48.0 Å². The van der Waals surface area contributed by atoms with Gasteiger partial charge in [-0.25, -0.2) is 4.98 Å². The minimum absolute atomic E-state index is 0.140. The van der Waals surface area contributed by atoms with Gasteiger partial charge in [-0.05, 0) is 24.5 Å². The average molecular weight is 349 g/mol. The normalized spacial score (nSPS) is 10.9. The smallest absolute Gasteiger partial charge is 0.303 e. The first-order valence-corrected chi connectivity index (χ1v) is 8.62. The maximum Gasteiger partial charge on any atom is 0.303 e. The third-order valence-corrected chi connectivity index (χ3v) is 4.47. The van der Waals surface area contributed by atoms with Crippen molar-refractivity contribution in [2.24, 2.45) is 12.8 Å². The number of hydrogen-bond donors (Lipinski definition) is 2. The number of nitrogens with zero attached hydrogens (tertiary/aromatic N) is 2. The molecule has 0 saturated carbocycles. The summed E-state index contributed by atoms with van der Waals surface area (Å²) in [5.74, 6) is 0.0879. The number of imidazole rings is 1. The molecule has 26 heavy (non-hydrogen) atoms. The number of aryl methyl sites for hydroxylation is 3. The zero-order valence-electron chi connectivity index (χ0n) is 15.1. The number of hydrogen-bond acceptors (Lipinski definition) is 3. The van der Waals surface area contributed by atoms with Gasteiger partial charge in [-0.3, -0.25) is 4.79 Å². The molecule has 0 radical (unpaired) electrons. The number of nitrogens with two attached hydrogens (primary N) is 1. The number of carboxylic acids is 1. The standard InChI is InChI=1S/C21H23N3O2/c1-14-3-9-18(17(11-14)12-22)19-13-24(2)21(23-19)16-7-4-15(5-8-16)6-10-20(25)26/h3-5,7-9,11,13H,6,10,12,22H2,1-2H3,(H,25,26). The van der Waals surface area contributed by atoms with Crippen molar-refractivity contribution in [3.8, 4) is 22.6 Å². The lowest BCUT2D eigenvalue weighted by molar-refractivity contribution is -0.136. The number of aromatic nitrogens is 2. The van der Waals surface area contributed by atoms with E-state index in [-0.39, 0.29) is 6.42 Å². The van der Waals surface area contributed by atoms with E-state index in [9.17, 15) is 4.79 Å². The topological polar surface area (TPSA) is 81.1 Å². The molecular weight excluding hydrogens is 326 g/mol. The van der Waals surface area contributed by atoms with E-state index in [1.807, 2.05) is 42.1 Å². The molecule has 0 aliphatic heterocycles. The van der Waals surface area contributed by atoms with Gasteiger partial charge < -0.3 is 15.4 Å². The monoisotopic (exact) mass is 349 g/mol. The summed E-state index contributed by atoms with van der Waals surface area (Å²) < 4.78 is 2.00. The number of rotatable bonds is 6. The Hall–Kier alpha value is -2.92. The predicted octanol–water partition coefficient (Wildman–Crippen LogP) is 3.54. The largest absolute Gasteiger partial charge is 0.481 e. The molecule has 5 nitrogen and oxygen atoms in total. The summed E-state index contributed by atoms with van der Waals surface area (Å²) in [7, 11) is 1.97. The highest BCUT2D eigenvalue weighted by Crippen LogP contribution is 2.27. The Morgan fingerprint density at radius 1 is 1.19 bits per heavy atom. The predicted molar refractivity (Wildman–Crippen MR) is 103 cm³/mol. The van der Waals surface area contributed by atoms with Gasteiger partial charge in [-0.2, -0.15) is 0 Å². The van der Waals surface area contributed by atoms with Crippen molar-refractivity contribution in [3.63, 3.8) is 0 Å².